The van der Waals surface area contributed by atoms with Crippen LogP contribution in [0.4, 0.5) is 0 Å². The molecule has 100 valence electrons. The smallest absolute Gasteiger partial charge is 0.238 e. The second kappa shape index (κ2) is 5.79. The quantitative estimate of drug-likeness (QED) is 0.618. The molecule has 3 N–H and O–H groups in total. The summed E-state index contributed by atoms with van der Waals surface area (Å²) in [6.45, 7) is 4.51. The molecule has 0 bridgehead atoms. The SMILES string of the molecule is CC(NS(C)(=O)=O)C(=O)NC1CCCNC1C. The van der Waals surface area contributed by atoms with Gasteiger partial charge in [0.15, 0.2) is 0 Å². The van der Waals surface area contributed by atoms with E-state index in [0.717, 1.165) is 25.6 Å². The molecule has 0 saturated carbocycles. The summed E-state index contributed by atoms with van der Waals surface area (Å²) in [7, 11) is -3.35. The van der Waals surface area contributed by atoms with Gasteiger partial charge in [0.2, 0.25) is 15.9 Å². The Kier molecular flexibility index (Phi) is 4.91. The number of nitrogens with one attached hydrogen (secondary N) is 3. The van der Waals surface area contributed by atoms with Gasteiger partial charge in [-0.1, -0.05) is 0 Å². The Morgan fingerprint density at radius 3 is 2.65 bits per heavy atom. The van der Waals surface area contributed by atoms with Crippen LogP contribution in [-0.4, -0.2) is 45.3 Å². The first-order valence-corrected chi connectivity index (χ1v) is 7.70. The molecule has 1 aliphatic rings. The second-order valence-corrected chi connectivity index (χ2v) is 6.39. The minimum atomic E-state index is -3.35. The zero-order chi connectivity index (χ0) is 13.1. The zero-order valence-electron chi connectivity index (χ0n) is 10.5. The van der Waals surface area contributed by atoms with Crippen LogP contribution < -0.4 is 15.4 Å². The number of carbonyl (C=O) groups excluding carboxylic acids is 1. The predicted octanol–water partition coefficient (Wildman–Crippen LogP) is -0.819. The van der Waals surface area contributed by atoms with Crippen LogP contribution in [0.15, 0.2) is 0 Å². The van der Waals surface area contributed by atoms with Crippen LogP contribution >= 0.6 is 0 Å². The summed E-state index contributed by atoms with van der Waals surface area (Å²) in [5.74, 6) is -0.282. The van der Waals surface area contributed by atoms with Crippen molar-refractivity contribution in [3.63, 3.8) is 0 Å². The van der Waals surface area contributed by atoms with Gasteiger partial charge < -0.3 is 10.6 Å². The molecule has 1 heterocycles. The summed E-state index contributed by atoms with van der Waals surface area (Å²) < 4.78 is 24.3. The van der Waals surface area contributed by atoms with Gasteiger partial charge in [0.25, 0.3) is 0 Å². The Morgan fingerprint density at radius 2 is 2.12 bits per heavy atom. The lowest BCUT2D eigenvalue weighted by Gasteiger charge is -2.31. The van der Waals surface area contributed by atoms with Crippen molar-refractivity contribution >= 4 is 15.9 Å². The molecule has 0 spiro atoms. The highest BCUT2D eigenvalue weighted by Gasteiger charge is 2.25. The van der Waals surface area contributed by atoms with Crippen molar-refractivity contribution in [1.82, 2.24) is 15.4 Å². The Morgan fingerprint density at radius 1 is 1.47 bits per heavy atom. The first-order valence-electron chi connectivity index (χ1n) is 5.80. The average molecular weight is 263 g/mol. The van der Waals surface area contributed by atoms with E-state index in [-0.39, 0.29) is 18.0 Å². The molecule has 1 fully saturated rings. The van der Waals surface area contributed by atoms with E-state index in [1.165, 1.54) is 6.92 Å². The molecule has 6 nitrogen and oxygen atoms in total. The van der Waals surface area contributed by atoms with Gasteiger partial charge in [0, 0.05) is 12.1 Å². The fourth-order valence-corrected chi connectivity index (χ4v) is 2.67. The molecule has 1 saturated heterocycles. The van der Waals surface area contributed by atoms with Gasteiger partial charge in [-0.15, -0.1) is 0 Å². The van der Waals surface area contributed by atoms with Gasteiger partial charge in [-0.25, -0.2) is 13.1 Å². The summed E-state index contributed by atoms with van der Waals surface area (Å²) in [5, 5.41) is 6.13. The minimum Gasteiger partial charge on any atom is -0.350 e. The van der Waals surface area contributed by atoms with E-state index >= 15 is 0 Å². The third-order valence-corrected chi connectivity index (χ3v) is 3.66. The highest BCUT2D eigenvalue weighted by atomic mass is 32.2. The monoisotopic (exact) mass is 263 g/mol. The van der Waals surface area contributed by atoms with Gasteiger partial charge in [0.05, 0.1) is 12.3 Å². The molecule has 0 aromatic rings. The number of amides is 1. The molecule has 7 heteroatoms. The van der Waals surface area contributed by atoms with Crippen molar-refractivity contribution < 1.29 is 13.2 Å². The molecule has 0 aromatic heterocycles. The molecular weight excluding hydrogens is 242 g/mol. The molecule has 1 aliphatic heterocycles. The first kappa shape index (κ1) is 14.4. The molecular formula is C10H21N3O3S. The Hall–Kier alpha value is -0.660. The number of hydrogen-bond donors (Lipinski definition) is 3. The molecule has 3 atom stereocenters. The molecule has 17 heavy (non-hydrogen) atoms. The van der Waals surface area contributed by atoms with Gasteiger partial charge in [-0.05, 0) is 33.2 Å². The number of carbonyl (C=O) groups is 1. The maximum atomic E-state index is 11.8. The summed E-state index contributed by atoms with van der Waals surface area (Å²) in [6.07, 6.45) is 2.98. The molecule has 0 aromatic carbocycles. The van der Waals surface area contributed by atoms with Gasteiger partial charge in [-0.2, -0.15) is 0 Å². The lowest BCUT2D eigenvalue weighted by Crippen LogP contribution is -2.55. The fourth-order valence-electron chi connectivity index (χ4n) is 1.92. The largest absolute Gasteiger partial charge is 0.350 e. The Bertz CT molecular complexity index is 369. The molecule has 0 radical (unpaired) electrons. The lowest BCUT2D eigenvalue weighted by atomic mass is 9.99. The van der Waals surface area contributed by atoms with Crippen LogP contribution in [0.2, 0.25) is 0 Å². The van der Waals surface area contributed by atoms with E-state index < -0.39 is 16.1 Å². The van der Waals surface area contributed by atoms with Crippen LogP contribution in [-0.2, 0) is 14.8 Å². The van der Waals surface area contributed by atoms with Crippen LogP contribution in [0.5, 0.6) is 0 Å². The van der Waals surface area contributed by atoms with Crippen LogP contribution in [0.1, 0.15) is 26.7 Å². The van der Waals surface area contributed by atoms with E-state index in [1.54, 1.807) is 0 Å². The summed E-state index contributed by atoms with van der Waals surface area (Å²) in [6, 6.07) is -0.447. The average Bonchev–Trinajstić information content (AvgIpc) is 2.18. The van der Waals surface area contributed by atoms with Crippen LogP contribution in [0, 0.1) is 0 Å². The van der Waals surface area contributed by atoms with E-state index in [2.05, 4.69) is 15.4 Å². The van der Waals surface area contributed by atoms with E-state index in [4.69, 9.17) is 0 Å². The van der Waals surface area contributed by atoms with Crippen LogP contribution in [0.25, 0.3) is 0 Å². The highest BCUT2D eigenvalue weighted by molar-refractivity contribution is 7.88. The third kappa shape index (κ3) is 5.01. The number of rotatable bonds is 4. The van der Waals surface area contributed by atoms with Crippen molar-refractivity contribution in [2.45, 2.75) is 44.8 Å². The topological polar surface area (TPSA) is 87.3 Å². The van der Waals surface area contributed by atoms with Gasteiger partial charge >= 0.3 is 0 Å². The van der Waals surface area contributed by atoms with Crippen molar-refractivity contribution in [3.8, 4) is 0 Å². The van der Waals surface area contributed by atoms with E-state index in [1.807, 2.05) is 6.92 Å². The number of piperidine rings is 1. The Balaban J connectivity index is 2.47. The van der Waals surface area contributed by atoms with Crippen molar-refractivity contribution in [1.29, 1.82) is 0 Å². The highest BCUT2D eigenvalue weighted by Crippen LogP contribution is 2.08. The van der Waals surface area contributed by atoms with Crippen molar-refractivity contribution in [3.05, 3.63) is 0 Å². The maximum absolute atomic E-state index is 11.8. The molecule has 0 aliphatic carbocycles. The summed E-state index contributed by atoms with van der Waals surface area (Å²) in [4.78, 5) is 11.8. The molecule has 3 unspecified atom stereocenters. The number of hydrogen-bond acceptors (Lipinski definition) is 4. The minimum absolute atomic E-state index is 0.0695. The van der Waals surface area contributed by atoms with Gasteiger partial charge in [0.1, 0.15) is 0 Å². The van der Waals surface area contributed by atoms with E-state index in [0.29, 0.717) is 0 Å². The molecule has 1 amide bonds. The predicted molar refractivity (Wildman–Crippen MR) is 66.1 cm³/mol. The third-order valence-electron chi connectivity index (χ3n) is 2.87. The standard InChI is InChI=1S/C10H21N3O3S/c1-7-9(5-4-6-11-7)12-10(14)8(2)13-17(3,15)16/h7-9,11,13H,4-6H2,1-3H3,(H,12,14). The maximum Gasteiger partial charge on any atom is 0.238 e. The molecule has 1 rings (SSSR count). The Labute approximate surface area is 103 Å². The van der Waals surface area contributed by atoms with Crippen LogP contribution in [0.3, 0.4) is 0 Å². The lowest BCUT2D eigenvalue weighted by molar-refractivity contribution is -0.123. The first-order chi connectivity index (χ1) is 7.79. The van der Waals surface area contributed by atoms with E-state index in [9.17, 15) is 13.2 Å². The van der Waals surface area contributed by atoms with Gasteiger partial charge in [-0.3, -0.25) is 4.79 Å². The van der Waals surface area contributed by atoms with Crippen molar-refractivity contribution in [2.75, 3.05) is 12.8 Å². The number of sulfonamides is 1. The summed E-state index contributed by atoms with van der Waals surface area (Å²) in [5.41, 5.74) is 0. The fraction of sp³-hybridized carbons (Fsp3) is 0.900. The second-order valence-electron chi connectivity index (χ2n) is 4.61. The normalized spacial score (nSPS) is 27.5. The zero-order valence-corrected chi connectivity index (χ0v) is 11.3. The summed E-state index contributed by atoms with van der Waals surface area (Å²) >= 11 is 0. The van der Waals surface area contributed by atoms with Crippen molar-refractivity contribution in [2.24, 2.45) is 0 Å².